The first-order valence-corrected chi connectivity index (χ1v) is 6.68. The first-order chi connectivity index (χ1) is 12.6. The highest BCUT2D eigenvalue weighted by atomic mass is 16.4. The summed E-state index contributed by atoms with van der Waals surface area (Å²) < 4.78 is 0. The van der Waals surface area contributed by atoms with Crippen molar-refractivity contribution in [2.24, 2.45) is 0 Å². The molecule has 4 nitrogen and oxygen atoms in total. The summed E-state index contributed by atoms with van der Waals surface area (Å²) in [6.45, 7) is 42.0. The Bertz CT molecular complexity index is 379. The van der Waals surface area contributed by atoms with Gasteiger partial charge in [0.1, 0.15) is 0 Å². The molecule has 0 fully saturated rings. The van der Waals surface area contributed by atoms with Gasteiger partial charge in [-0.05, 0) is 18.2 Å². The van der Waals surface area contributed by atoms with Crippen molar-refractivity contribution in [3.8, 4) is 0 Å². The third kappa shape index (κ3) is 37.0. The van der Waals surface area contributed by atoms with Crippen LogP contribution >= 0.6 is 0 Å². The zero-order valence-electron chi connectivity index (χ0n) is 15.9. The van der Waals surface area contributed by atoms with Gasteiger partial charge in [-0.1, -0.05) is 6.07 Å². The summed E-state index contributed by atoms with van der Waals surface area (Å²) in [6, 6.07) is 5.20. The van der Waals surface area contributed by atoms with Gasteiger partial charge in [0.2, 0.25) is 0 Å². The first kappa shape index (κ1) is 43.2. The highest BCUT2D eigenvalue weighted by Gasteiger charge is 2.06. The lowest BCUT2D eigenvalue weighted by atomic mass is 10.1. The Hall–Kier alpha value is -3.66. The SMILES string of the molecule is C=C.C=C.C=C.C=C.C=C.C=C.C=C.O=C(O)c1cccc(C(=O)O)c1. The van der Waals surface area contributed by atoms with Gasteiger partial charge in [-0.2, -0.15) is 0 Å². The van der Waals surface area contributed by atoms with Crippen LogP contribution in [0, 0.1) is 0 Å². The molecule has 146 valence electrons. The maximum atomic E-state index is 10.4. The molecule has 0 amide bonds. The Morgan fingerprint density at radius 2 is 0.731 bits per heavy atom. The van der Waals surface area contributed by atoms with Gasteiger partial charge in [0.15, 0.2) is 0 Å². The van der Waals surface area contributed by atoms with Crippen LogP contribution in [0.25, 0.3) is 0 Å². The van der Waals surface area contributed by atoms with E-state index in [1.54, 1.807) is 0 Å². The van der Waals surface area contributed by atoms with E-state index in [2.05, 4.69) is 92.1 Å². The van der Waals surface area contributed by atoms with Crippen molar-refractivity contribution in [2.75, 3.05) is 0 Å². The molecule has 0 unspecified atom stereocenters. The summed E-state index contributed by atoms with van der Waals surface area (Å²) >= 11 is 0. The van der Waals surface area contributed by atoms with Gasteiger partial charge in [0.25, 0.3) is 0 Å². The Balaban J connectivity index is -0.0000000437. The lowest BCUT2D eigenvalue weighted by Crippen LogP contribution is -2.01. The average Bonchev–Trinajstić information content (AvgIpc) is 2.78. The second-order valence-corrected chi connectivity index (χ2v) is 2.19. The molecule has 0 aromatic heterocycles. The molecule has 0 aliphatic rings. The van der Waals surface area contributed by atoms with Gasteiger partial charge in [-0.25, -0.2) is 9.59 Å². The minimum atomic E-state index is -1.13. The van der Waals surface area contributed by atoms with E-state index < -0.39 is 11.9 Å². The number of rotatable bonds is 2. The average molecular weight is 363 g/mol. The van der Waals surface area contributed by atoms with E-state index in [4.69, 9.17) is 10.2 Å². The molecule has 4 heteroatoms. The molecule has 1 rings (SSSR count). The van der Waals surface area contributed by atoms with Gasteiger partial charge >= 0.3 is 11.9 Å². The number of carboxylic acids is 2. The second-order valence-electron chi connectivity index (χ2n) is 2.19. The molecule has 0 spiro atoms. The summed E-state index contributed by atoms with van der Waals surface area (Å²) in [4.78, 5) is 20.8. The molecule has 0 aliphatic heterocycles. The van der Waals surface area contributed by atoms with Gasteiger partial charge < -0.3 is 10.2 Å². The maximum absolute atomic E-state index is 10.4. The predicted octanol–water partition coefficient (Wildman–Crippen LogP) is 6.70. The third-order valence-corrected chi connectivity index (χ3v) is 1.36. The minimum absolute atomic E-state index is 0.0186. The van der Waals surface area contributed by atoms with Gasteiger partial charge in [0, 0.05) is 0 Å². The van der Waals surface area contributed by atoms with Crippen molar-refractivity contribution >= 4 is 11.9 Å². The summed E-state index contributed by atoms with van der Waals surface area (Å²) in [5.41, 5.74) is -0.0372. The fourth-order valence-corrected chi connectivity index (χ4v) is 0.785. The molecule has 1 aromatic carbocycles. The molecule has 0 atom stereocenters. The fourth-order valence-electron chi connectivity index (χ4n) is 0.785. The molecule has 1 aromatic rings. The Labute approximate surface area is 159 Å². The molecular weight excluding hydrogens is 328 g/mol. The Morgan fingerprint density at radius 1 is 0.538 bits per heavy atom. The molecule has 0 radical (unpaired) electrons. The lowest BCUT2D eigenvalue weighted by Gasteiger charge is -1.95. The van der Waals surface area contributed by atoms with Crippen LogP contribution in [0.4, 0.5) is 0 Å². The smallest absolute Gasteiger partial charge is 0.335 e. The maximum Gasteiger partial charge on any atom is 0.335 e. The minimum Gasteiger partial charge on any atom is -0.478 e. The molecule has 0 aliphatic carbocycles. The molecule has 0 heterocycles. The van der Waals surface area contributed by atoms with E-state index in [0.717, 1.165) is 6.07 Å². The highest BCUT2D eigenvalue weighted by Crippen LogP contribution is 2.04. The lowest BCUT2D eigenvalue weighted by molar-refractivity contribution is 0.0696. The summed E-state index contributed by atoms with van der Waals surface area (Å²) in [7, 11) is 0. The first-order valence-electron chi connectivity index (χ1n) is 6.68. The number of aromatic carboxylic acids is 2. The van der Waals surface area contributed by atoms with Gasteiger partial charge in [-0.15, -0.1) is 92.1 Å². The van der Waals surface area contributed by atoms with Crippen molar-refractivity contribution < 1.29 is 19.8 Å². The second kappa shape index (κ2) is 58.0. The Morgan fingerprint density at radius 3 is 0.885 bits per heavy atom. The normalized spacial score (nSPS) is 5.38. The Kier molecular flexibility index (Phi) is 96.4. The van der Waals surface area contributed by atoms with E-state index in [0.29, 0.717) is 0 Å². The largest absolute Gasteiger partial charge is 0.478 e. The predicted molar refractivity (Wildman–Crippen MR) is 119 cm³/mol. The number of benzene rings is 1. The van der Waals surface area contributed by atoms with E-state index in [1.165, 1.54) is 18.2 Å². The molecule has 2 N–H and O–H groups in total. The van der Waals surface area contributed by atoms with Crippen LogP contribution in [0.3, 0.4) is 0 Å². The number of hydrogen-bond donors (Lipinski definition) is 2. The highest BCUT2D eigenvalue weighted by molar-refractivity contribution is 5.93. The molecule has 26 heavy (non-hydrogen) atoms. The van der Waals surface area contributed by atoms with E-state index in [9.17, 15) is 9.59 Å². The fraction of sp³-hybridized carbons (Fsp3) is 0. The molecule has 0 saturated heterocycles. The van der Waals surface area contributed by atoms with Crippen LogP contribution in [0.15, 0.2) is 116 Å². The molecular formula is C22H34O4. The topological polar surface area (TPSA) is 74.6 Å². The third-order valence-electron chi connectivity index (χ3n) is 1.36. The van der Waals surface area contributed by atoms with Crippen LogP contribution in [0.5, 0.6) is 0 Å². The van der Waals surface area contributed by atoms with Crippen molar-refractivity contribution in [3.05, 3.63) is 127 Å². The van der Waals surface area contributed by atoms with E-state index in [1.807, 2.05) is 0 Å². The van der Waals surface area contributed by atoms with Crippen molar-refractivity contribution in [1.29, 1.82) is 0 Å². The summed E-state index contributed by atoms with van der Waals surface area (Å²) in [5.74, 6) is -2.25. The van der Waals surface area contributed by atoms with Crippen molar-refractivity contribution in [2.45, 2.75) is 0 Å². The number of hydrogen-bond acceptors (Lipinski definition) is 2. The standard InChI is InChI=1S/C8H6O4.7C2H4/c9-7(10)5-2-1-3-6(4-5)8(11)12;7*1-2/h1-4H,(H,9,10)(H,11,12);7*1-2H2. The summed E-state index contributed by atoms with van der Waals surface area (Å²) in [6.07, 6.45) is 0. The van der Waals surface area contributed by atoms with E-state index >= 15 is 0 Å². The van der Waals surface area contributed by atoms with Crippen LogP contribution in [0.2, 0.25) is 0 Å². The van der Waals surface area contributed by atoms with Crippen molar-refractivity contribution in [3.63, 3.8) is 0 Å². The quantitative estimate of drug-likeness (QED) is 0.574. The van der Waals surface area contributed by atoms with Crippen molar-refractivity contribution in [1.82, 2.24) is 0 Å². The summed E-state index contributed by atoms with van der Waals surface area (Å²) in [5, 5.41) is 17.0. The number of carboxylic acid groups (broad SMARTS) is 2. The zero-order valence-corrected chi connectivity index (χ0v) is 15.9. The van der Waals surface area contributed by atoms with Crippen LogP contribution in [-0.2, 0) is 0 Å². The molecule has 0 bridgehead atoms. The van der Waals surface area contributed by atoms with Crippen LogP contribution < -0.4 is 0 Å². The number of carbonyl (C=O) groups is 2. The van der Waals surface area contributed by atoms with Crippen LogP contribution in [0.1, 0.15) is 20.7 Å². The van der Waals surface area contributed by atoms with Gasteiger partial charge in [-0.3, -0.25) is 0 Å². The van der Waals surface area contributed by atoms with Gasteiger partial charge in [0.05, 0.1) is 11.1 Å². The monoisotopic (exact) mass is 362 g/mol. The zero-order chi connectivity index (χ0) is 23.1. The molecule has 0 saturated carbocycles. The van der Waals surface area contributed by atoms with E-state index in [-0.39, 0.29) is 11.1 Å². The van der Waals surface area contributed by atoms with Crippen LogP contribution in [-0.4, -0.2) is 22.2 Å².